The first kappa shape index (κ1) is 15.5. The van der Waals surface area contributed by atoms with Gasteiger partial charge in [0.2, 0.25) is 0 Å². The molecule has 90 valence electrons. The van der Waals surface area contributed by atoms with Gasteiger partial charge in [-0.15, -0.1) is 0 Å². The van der Waals surface area contributed by atoms with Crippen LogP contribution in [0.2, 0.25) is 0 Å². The number of hydrogen-bond donors (Lipinski definition) is 1. The Morgan fingerprint density at radius 1 is 1.31 bits per heavy atom. The van der Waals surface area contributed by atoms with Gasteiger partial charge in [0.25, 0.3) is 9.95 Å². The van der Waals surface area contributed by atoms with Gasteiger partial charge < -0.3 is 9.84 Å². The van der Waals surface area contributed by atoms with Crippen LogP contribution in [0.4, 0.5) is 0 Å². The Kier molecular flexibility index (Phi) is 7.51. The Labute approximate surface area is 109 Å². The van der Waals surface area contributed by atoms with Crippen molar-refractivity contribution in [3.05, 3.63) is 35.9 Å². The number of alkyl halides is 3. The largest absolute Gasteiger partial charge is 0.481 e. The molecule has 0 atom stereocenters. The summed E-state index contributed by atoms with van der Waals surface area (Å²) in [5.74, 6) is -0.833. The van der Waals surface area contributed by atoms with E-state index in [1.165, 1.54) is 0 Å². The van der Waals surface area contributed by atoms with Crippen LogP contribution in [0.3, 0.4) is 0 Å². The molecule has 0 unspecified atom stereocenters. The fourth-order valence-corrected chi connectivity index (χ4v) is 0.903. The second-order valence-corrected chi connectivity index (χ2v) is 4.92. The fourth-order valence-electron chi connectivity index (χ4n) is 0.739. The van der Waals surface area contributed by atoms with E-state index in [1.807, 2.05) is 30.3 Å². The van der Waals surface area contributed by atoms with Crippen molar-refractivity contribution in [1.82, 2.24) is 0 Å². The van der Waals surface area contributed by atoms with E-state index in [4.69, 9.17) is 49.4 Å². The molecule has 0 aliphatic heterocycles. The summed E-state index contributed by atoms with van der Waals surface area (Å²) in [5.41, 5.74) is 0.976. The molecule has 1 N–H and O–H groups in total. The molecule has 0 aliphatic rings. The number of carbonyl (C=O) groups is 1. The number of carboxylic acids is 1. The number of carboxylic acid groups (broad SMARTS) is 1. The van der Waals surface area contributed by atoms with E-state index < -0.39 is 9.95 Å². The molecular formula is C10H11Cl3O3. The predicted molar refractivity (Wildman–Crippen MR) is 64.8 cm³/mol. The van der Waals surface area contributed by atoms with Gasteiger partial charge in [-0.1, -0.05) is 65.1 Å². The predicted octanol–water partition coefficient (Wildman–Crippen LogP) is 3.62. The Hall–Kier alpha value is -0.480. The molecule has 0 heterocycles. The molecular weight excluding hydrogens is 274 g/mol. The third-order valence-corrected chi connectivity index (χ3v) is 1.57. The van der Waals surface area contributed by atoms with Gasteiger partial charge >= 0.3 is 0 Å². The molecule has 1 rings (SSSR count). The smallest absolute Gasteiger partial charge is 0.300 e. The maximum atomic E-state index is 9.00. The molecule has 16 heavy (non-hydrogen) atoms. The summed E-state index contributed by atoms with van der Waals surface area (Å²) >= 11 is 16.2. The zero-order valence-electron chi connectivity index (χ0n) is 8.49. The lowest BCUT2D eigenvalue weighted by Crippen LogP contribution is -2.08. The van der Waals surface area contributed by atoms with Gasteiger partial charge in [-0.05, 0) is 5.56 Å². The maximum absolute atomic E-state index is 9.00. The number of benzene rings is 1. The monoisotopic (exact) mass is 284 g/mol. The second kappa shape index (κ2) is 7.74. The Morgan fingerprint density at radius 3 is 2.12 bits per heavy atom. The lowest BCUT2D eigenvalue weighted by atomic mass is 10.2. The van der Waals surface area contributed by atoms with Crippen molar-refractivity contribution in [1.29, 1.82) is 0 Å². The van der Waals surface area contributed by atoms with Crippen LogP contribution in [-0.4, -0.2) is 15.1 Å². The van der Waals surface area contributed by atoms with Gasteiger partial charge in [0, 0.05) is 6.92 Å². The summed E-state index contributed by atoms with van der Waals surface area (Å²) in [5, 5.41) is 7.42. The summed E-state index contributed by atoms with van der Waals surface area (Å²) < 4.78 is 3.28. The van der Waals surface area contributed by atoms with Gasteiger partial charge in [-0.25, -0.2) is 0 Å². The van der Waals surface area contributed by atoms with Crippen molar-refractivity contribution in [3.8, 4) is 0 Å². The lowest BCUT2D eigenvalue weighted by molar-refractivity contribution is -0.134. The van der Waals surface area contributed by atoms with E-state index >= 15 is 0 Å². The summed E-state index contributed by atoms with van der Waals surface area (Å²) in [6, 6.07) is 9.51. The van der Waals surface area contributed by atoms with Crippen LogP contribution in [-0.2, 0) is 16.1 Å². The van der Waals surface area contributed by atoms with Crippen LogP contribution >= 0.6 is 34.8 Å². The average molecular weight is 286 g/mol. The summed E-state index contributed by atoms with van der Waals surface area (Å²) in [6.45, 7) is 1.39. The van der Waals surface area contributed by atoms with E-state index in [2.05, 4.69) is 0 Å². The van der Waals surface area contributed by atoms with Crippen LogP contribution < -0.4 is 0 Å². The first-order valence-corrected chi connectivity index (χ1v) is 5.39. The number of halogens is 3. The van der Waals surface area contributed by atoms with Crippen molar-refractivity contribution in [2.75, 3.05) is 0 Å². The molecule has 0 saturated carbocycles. The number of hydrogen-bond acceptors (Lipinski definition) is 2. The molecule has 1 aromatic carbocycles. The van der Waals surface area contributed by atoms with Gasteiger partial charge in [0.15, 0.2) is 0 Å². The quantitative estimate of drug-likeness (QED) is 0.844. The van der Waals surface area contributed by atoms with Crippen molar-refractivity contribution in [2.24, 2.45) is 0 Å². The van der Waals surface area contributed by atoms with E-state index in [-0.39, 0.29) is 0 Å². The van der Waals surface area contributed by atoms with Crippen LogP contribution in [0, 0.1) is 0 Å². The normalized spacial score (nSPS) is 10.2. The van der Waals surface area contributed by atoms with E-state index in [1.54, 1.807) is 0 Å². The molecule has 0 saturated heterocycles. The molecule has 0 bridgehead atoms. The summed E-state index contributed by atoms with van der Waals surface area (Å²) in [7, 11) is 0. The van der Waals surface area contributed by atoms with Crippen LogP contribution in [0.5, 0.6) is 0 Å². The lowest BCUT2D eigenvalue weighted by Gasteiger charge is -2.11. The van der Waals surface area contributed by atoms with Gasteiger partial charge in [0.05, 0.1) is 6.61 Å². The highest BCUT2D eigenvalue weighted by molar-refractivity contribution is 6.66. The average Bonchev–Trinajstić information content (AvgIpc) is 2.14. The highest BCUT2D eigenvalue weighted by Crippen LogP contribution is 2.28. The highest BCUT2D eigenvalue weighted by Gasteiger charge is 2.19. The second-order valence-electron chi connectivity index (χ2n) is 2.74. The summed E-state index contributed by atoms with van der Waals surface area (Å²) in [4.78, 5) is 9.00. The van der Waals surface area contributed by atoms with Crippen molar-refractivity contribution in [2.45, 2.75) is 17.5 Å². The van der Waals surface area contributed by atoms with Gasteiger partial charge in [0.1, 0.15) is 0 Å². The topological polar surface area (TPSA) is 46.5 Å². The molecule has 0 amide bonds. The van der Waals surface area contributed by atoms with Crippen LogP contribution in [0.25, 0.3) is 0 Å². The summed E-state index contributed by atoms with van der Waals surface area (Å²) in [6.07, 6.45) is 0. The van der Waals surface area contributed by atoms with E-state index in [0.717, 1.165) is 12.5 Å². The first-order chi connectivity index (χ1) is 7.31. The molecule has 0 radical (unpaired) electrons. The Bertz CT molecular complexity index is 305. The van der Waals surface area contributed by atoms with Crippen LogP contribution in [0.15, 0.2) is 30.3 Å². The number of aliphatic carboxylic acids is 1. The van der Waals surface area contributed by atoms with Crippen molar-refractivity contribution < 1.29 is 14.6 Å². The molecule has 1 aromatic rings. The minimum absolute atomic E-state index is 0.303. The maximum Gasteiger partial charge on any atom is 0.300 e. The molecule has 0 fully saturated rings. The zero-order chi connectivity index (χ0) is 12.6. The Balaban J connectivity index is 0.000000487. The fraction of sp³-hybridized carbons (Fsp3) is 0.300. The molecule has 0 spiro atoms. The zero-order valence-corrected chi connectivity index (χ0v) is 10.8. The molecule has 0 aliphatic carbocycles. The molecule has 3 nitrogen and oxygen atoms in total. The number of ether oxygens (including phenoxy) is 1. The third kappa shape index (κ3) is 11.6. The first-order valence-electron chi connectivity index (χ1n) is 4.25. The van der Waals surface area contributed by atoms with E-state index in [9.17, 15) is 0 Å². The molecule has 6 heteroatoms. The van der Waals surface area contributed by atoms with Gasteiger partial charge in [-0.2, -0.15) is 0 Å². The van der Waals surface area contributed by atoms with Crippen molar-refractivity contribution in [3.63, 3.8) is 0 Å². The third-order valence-electron chi connectivity index (χ3n) is 1.25. The SMILES string of the molecule is CC(=O)O.ClC(Cl)(Cl)OCc1ccccc1. The Morgan fingerprint density at radius 2 is 1.75 bits per heavy atom. The van der Waals surface area contributed by atoms with Crippen LogP contribution in [0.1, 0.15) is 12.5 Å². The van der Waals surface area contributed by atoms with Crippen molar-refractivity contribution >= 4 is 40.8 Å². The van der Waals surface area contributed by atoms with E-state index in [0.29, 0.717) is 6.61 Å². The number of rotatable bonds is 2. The minimum atomic E-state index is -1.63. The van der Waals surface area contributed by atoms with Gasteiger partial charge in [-0.3, -0.25) is 4.79 Å². The minimum Gasteiger partial charge on any atom is -0.481 e. The highest BCUT2D eigenvalue weighted by atomic mass is 35.6. The molecule has 0 aromatic heterocycles. The standard InChI is InChI=1S/C8H7Cl3O.C2H4O2/c9-8(10,11)12-6-7-4-2-1-3-5-7;1-2(3)4/h1-5H,6H2;1H3,(H,3,4).